The smallest absolute Gasteiger partial charge is 0.243 e. The van der Waals surface area contributed by atoms with E-state index in [1.54, 1.807) is 34.9 Å². The van der Waals surface area contributed by atoms with Crippen molar-refractivity contribution in [1.29, 1.82) is 0 Å². The van der Waals surface area contributed by atoms with Gasteiger partial charge in [0.05, 0.1) is 11.5 Å². The van der Waals surface area contributed by atoms with Gasteiger partial charge in [0, 0.05) is 53.5 Å². The monoisotopic (exact) mass is 409 g/mol. The molecule has 0 N–H and O–H groups in total. The highest BCUT2D eigenvalue weighted by Gasteiger charge is 2.34. The maximum absolute atomic E-state index is 13.3. The van der Waals surface area contributed by atoms with Crippen molar-refractivity contribution in [1.82, 2.24) is 9.29 Å². The zero-order chi connectivity index (χ0) is 19.8. The predicted octanol–water partition coefficient (Wildman–Crippen LogP) is 3.38. The second-order valence-corrected chi connectivity index (χ2v) is 9.47. The van der Waals surface area contributed by atoms with Crippen molar-refractivity contribution in [2.24, 2.45) is 0 Å². The van der Waals surface area contributed by atoms with E-state index in [4.69, 9.17) is 4.74 Å². The van der Waals surface area contributed by atoms with Crippen LogP contribution in [-0.2, 0) is 21.4 Å². The lowest BCUT2D eigenvalue weighted by Gasteiger charge is -2.41. The maximum atomic E-state index is 13.3. The van der Waals surface area contributed by atoms with Crippen LogP contribution < -0.4 is 4.90 Å². The van der Waals surface area contributed by atoms with E-state index < -0.39 is 10.0 Å². The largest absolute Gasteiger partial charge is 0.356 e. The molecule has 0 spiro atoms. The first kappa shape index (κ1) is 18.5. The summed E-state index contributed by atoms with van der Waals surface area (Å²) in [5.74, 6) is 0. The number of hydrogen-bond donors (Lipinski definition) is 0. The van der Waals surface area contributed by atoms with Gasteiger partial charge in [0.1, 0.15) is 6.73 Å². The molecule has 5 rings (SSSR count). The van der Waals surface area contributed by atoms with Crippen LogP contribution in [0, 0.1) is 0 Å². The molecule has 6 nitrogen and oxygen atoms in total. The fourth-order valence-corrected chi connectivity index (χ4v) is 6.07. The molecule has 0 amide bonds. The third-order valence-electron chi connectivity index (χ3n) is 5.91. The summed E-state index contributed by atoms with van der Waals surface area (Å²) in [4.78, 5) is 6.75. The van der Waals surface area contributed by atoms with Crippen LogP contribution in [0.5, 0.6) is 0 Å². The van der Waals surface area contributed by atoms with Crippen LogP contribution in [0.2, 0.25) is 0 Å². The lowest BCUT2D eigenvalue weighted by molar-refractivity contribution is 0.0988. The third kappa shape index (κ3) is 3.29. The minimum Gasteiger partial charge on any atom is -0.356 e. The average Bonchev–Trinajstić information content (AvgIpc) is 2.78. The van der Waals surface area contributed by atoms with E-state index in [1.165, 1.54) is 11.3 Å². The SMILES string of the molecule is O=S(=O)(c1cccc2cnccc12)N1CCC(N2COCc3ccccc32)CC1. The quantitative estimate of drug-likeness (QED) is 0.664. The Bertz CT molecular complexity index is 1140. The molecule has 0 bridgehead atoms. The first-order valence-electron chi connectivity index (χ1n) is 9.90. The van der Waals surface area contributed by atoms with Gasteiger partial charge in [0.2, 0.25) is 10.0 Å². The molecule has 150 valence electrons. The number of para-hydroxylation sites is 1. The minimum atomic E-state index is -3.55. The minimum absolute atomic E-state index is 0.277. The zero-order valence-corrected chi connectivity index (χ0v) is 16.9. The van der Waals surface area contributed by atoms with E-state index in [0.717, 1.165) is 23.6 Å². The van der Waals surface area contributed by atoms with Crippen molar-refractivity contribution < 1.29 is 13.2 Å². The van der Waals surface area contributed by atoms with Crippen molar-refractivity contribution >= 4 is 26.5 Å². The summed E-state index contributed by atoms with van der Waals surface area (Å²) >= 11 is 0. The maximum Gasteiger partial charge on any atom is 0.243 e. The van der Waals surface area contributed by atoms with Gasteiger partial charge in [-0.2, -0.15) is 4.31 Å². The lowest BCUT2D eigenvalue weighted by atomic mass is 10.0. The second-order valence-electron chi connectivity index (χ2n) is 7.56. The van der Waals surface area contributed by atoms with E-state index in [1.807, 2.05) is 18.2 Å². The Kier molecular flexibility index (Phi) is 4.73. The Morgan fingerprint density at radius 3 is 2.69 bits per heavy atom. The van der Waals surface area contributed by atoms with Crippen molar-refractivity contribution in [3.63, 3.8) is 0 Å². The summed E-state index contributed by atoms with van der Waals surface area (Å²) in [7, 11) is -3.55. The molecular formula is C22H23N3O3S. The molecule has 0 aliphatic carbocycles. The standard InChI is InChI=1S/C22H23N3O3S/c26-29(27,22-7-3-5-17-14-23-11-8-20(17)22)24-12-9-19(10-13-24)25-16-28-15-18-4-1-2-6-21(18)25/h1-8,11,14,19H,9-10,12-13,15-16H2. The Morgan fingerprint density at radius 1 is 1.00 bits per heavy atom. The van der Waals surface area contributed by atoms with Crippen LogP contribution in [0.1, 0.15) is 18.4 Å². The normalized spacial score (nSPS) is 18.7. The van der Waals surface area contributed by atoms with E-state index in [0.29, 0.717) is 31.3 Å². The number of sulfonamides is 1. The molecule has 3 aromatic rings. The Labute approximate surface area is 170 Å². The summed E-state index contributed by atoms with van der Waals surface area (Å²) in [6.07, 6.45) is 4.91. The van der Waals surface area contributed by atoms with E-state index >= 15 is 0 Å². The lowest BCUT2D eigenvalue weighted by Crippen LogP contribution is -2.48. The molecule has 3 heterocycles. The molecule has 0 unspecified atom stereocenters. The number of aromatic nitrogens is 1. The fraction of sp³-hybridized carbons (Fsp3) is 0.318. The molecule has 0 saturated carbocycles. The highest BCUT2D eigenvalue weighted by molar-refractivity contribution is 7.89. The molecule has 29 heavy (non-hydrogen) atoms. The predicted molar refractivity (Wildman–Crippen MR) is 112 cm³/mol. The molecule has 1 aromatic heterocycles. The first-order valence-corrected chi connectivity index (χ1v) is 11.3. The van der Waals surface area contributed by atoms with Gasteiger partial charge in [-0.15, -0.1) is 0 Å². The molecule has 1 fully saturated rings. The van der Waals surface area contributed by atoms with Crippen molar-refractivity contribution in [3.05, 3.63) is 66.5 Å². The van der Waals surface area contributed by atoms with Gasteiger partial charge in [-0.1, -0.05) is 30.3 Å². The summed E-state index contributed by atoms with van der Waals surface area (Å²) < 4.78 is 34.1. The van der Waals surface area contributed by atoms with Crippen LogP contribution >= 0.6 is 0 Å². The Morgan fingerprint density at radius 2 is 1.83 bits per heavy atom. The van der Waals surface area contributed by atoms with Crippen LogP contribution in [0.15, 0.2) is 65.8 Å². The Balaban J connectivity index is 1.37. The number of ether oxygens (including phenoxy) is 1. The van der Waals surface area contributed by atoms with Gasteiger partial charge in [-0.25, -0.2) is 8.42 Å². The zero-order valence-electron chi connectivity index (χ0n) is 16.1. The Hall–Kier alpha value is -2.48. The highest BCUT2D eigenvalue weighted by Crippen LogP contribution is 2.32. The topological polar surface area (TPSA) is 62.7 Å². The average molecular weight is 410 g/mol. The number of hydrogen-bond acceptors (Lipinski definition) is 5. The summed E-state index contributed by atoms with van der Waals surface area (Å²) in [5, 5.41) is 1.56. The molecule has 7 heteroatoms. The van der Waals surface area contributed by atoms with Crippen molar-refractivity contribution in [2.45, 2.75) is 30.4 Å². The highest BCUT2D eigenvalue weighted by atomic mass is 32.2. The molecule has 0 radical (unpaired) electrons. The van der Waals surface area contributed by atoms with Gasteiger partial charge < -0.3 is 9.64 Å². The van der Waals surface area contributed by atoms with Crippen LogP contribution in [-0.4, -0.2) is 43.6 Å². The summed E-state index contributed by atoms with van der Waals surface area (Å²) in [6, 6.07) is 15.7. The van der Waals surface area contributed by atoms with Crippen LogP contribution in [0.4, 0.5) is 5.69 Å². The molecule has 1 saturated heterocycles. The number of pyridine rings is 1. The van der Waals surface area contributed by atoms with Crippen LogP contribution in [0.3, 0.4) is 0 Å². The molecule has 2 aromatic carbocycles. The van der Waals surface area contributed by atoms with Gasteiger partial charge in [0.15, 0.2) is 0 Å². The molecule has 0 atom stereocenters. The molecular weight excluding hydrogens is 386 g/mol. The number of anilines is 1. The number of piperidine rings is 1. The van der Waals surface area contributed by atoms with Gasteiger partial charge in [-0.05, 0) is 31.0 Å². The first-order chi connectivity index (χ1) is 14.1. The summed E-state index contributed by atoms with van der Waals surface area (Å²) in [5.41, 5.74) is 2.40. The van der Waals surface area contributed by atoms with Crippen molar-refractivity contribution in [3.8, 4) is 0 Å². The van der Waals surface area contributed by atoms with E-state index in [-0.39, 0.29) is 6.04 Å². The number of nitrogens with zero attached hydrogens (tertiary/aromatic N) is 3. The van der Waals surface area contributed by atoms with Crippen LogP contribution in [0.25, 0.3) is 10.8 Å². The number of fused-ring (bicyclic) bond motifs is 2. The molecule has 2 aliphatic heterocycles. The van der Waals surface area contributed by atoms with Gasteiger partial charge in [-0.3, -0.25) is 4.98 Å². The van der Waals surface area contributed by atoms with Gasteiger partial charge >= 0.3 is 0 Å². The van der Waals surface area contributed by atoms with Gasteiger partial charge in [0.25, 0.3) is 0 Å². The number of benzene rings is 2. The second kappa shape index (κ2) is 7.40. The fourth-order valence-electron chi connectivity index (χ4n) is 4.39. The summed E-state index contributed by atoms with van der Waals surface area (Å²) in [6.45, 7) is 2.21. The number of rotatable bonds is 3. The van der Waals surface area contributed by atoms with Crippen molar-refractivity contribution in [2.75, 3.05) is 24.7 Å². The molecule has 2 aliphatic rings. The van der Waals surface area contributed by atoms with E-state index in [9.17, 15) is 8.42 Å². The van der Waals surface area contributed by atoms with E-state index in [2.05, 4.69) is 22.0 Å². The third-order valence-corrected chi connectivity index (χ3v) is 7.87.